The Morgan fingerprint density at radius 3 is 2.18 bits per heavy atom. The lowest BCUT2D eigenvalue weighted by atomic mass is 10.2. The molecule has 96 valence electrons. The van der Waals surface area contributed by atoms with Crippen molar-refractivity contribution in [2.75, 3.05) is 13.2 Å². The average molecular weight is 236 g/mol. The molecular weight excluding hydrogens is 212 g/mol. The summed E-state index contributed by atoms with van der Waals surface area (Å²) in [6, 6.07) is 7.90. The molecule has 1 aromatic rings. The fraction of sp³-hybridized carbons (Fsp3) is 0.600. The first-order valence-corrected chi connectivity index (χ1v) is 6.72. The lowest BCUT2D eigenvalue weighted by molar-refractivity contribution is 0.295. The van der Waals surface area contributed by atoms with E-state index < -0.39 is 0 Å². The van der Waals surface area contributed by atoms with Gasteiger partial charge in [0.05, 0.1) is 13.2 Å². The summed E-state index contributed by atoms with van der Waals surface area (Å²) < 4.78 is 11.3. The maximum absolute atomic E-state index is 5.69. The van der Waals surface area contributed by atoms with Crippen LogP contribution in [0.1, 0.15) is 46.0 Å². The molecule has 0 spiro atoms. The minimum absolute atomic E-state index is 0.764. The topological polar surface area (TPSA) is 18.5 Å². The standard InChI is InChI=1S/C15H24O2/c1-3-5-6-7-12-17-15-10-8-9-14(13-15)16-11-4-2/h8-10,13H,3-7,11-12H2,1-2H3. The Morgan fingerprint density at radius 1 is 0.824 bits per heavy atom. The van der Waals surface area contributed by atoms with Gasteiger partial charge in [0.2, 0.25) is 0 Å². The van der Waals surface area contributed by atoms with Gasteiger partial charge < -0.3 is 9.47 Å². The van der Waals surface area contributed by atoms with E-state index in [0.717, 1.165) is 37.6 Å². The van der Waals surface area contributed by atoms with Crippen molar-refractivity contribution in [3.8, 4) is 11.5 Å². The van der Waals surface area contributed by atoms with E-state index in [4.69, 9.17) is 9.47 Å². The quantitative estimate of drug-likeness (QED) is 0.590. The van der Waals surface area contributed by atoms with Gasteiger partial charge in [0.15, 0.2) is 0 Å². The summed E-state index contributed by atoms with van der Waals surface area (Å²) in [5.74, 6) is 1.81. The summed E-state index contributed by atoms with van der Waals surface area (Å²) in [6.45, 7) is 5.89. The molecule has 0 aliphatic carbocycles. The molecule has 0 bridgehead atoms. The highest BCUT2D eigenvalue weighted by molar-refractivity contribution is 5.32. The molecule has 0 heterocycles. The summed E-state index contributed by atoms with van der Waals surface area (Å²) >= 11 is 0. The zero-order valence-electron chi connectivity index (χ0n) is 11.1. The third kappa shape index (κ3) is 6.20. The van der Waals surface area contributed by atoms with E-state index in [-0.39, 0.29) is 0 Å². The van der Waals surface area contributed by atoms with E-state index in [2.05, 4.69) is 13.8 Å². The molecule has 0 aliphatic rings. The SMILES string of the molecule is CCCCCCOc1cccc(OCCC)c1. The molecule has 2 heteroatoms. The number of unbranched alkanes of at least 4 members (excludes halogenated alkanes) is 3. The fourth-order valence-corrected chi connectivity index (χ4v) is 1.59. The van der Waals surface area contributed by atoms with Crippen molar-refractivity contribution < 1.29 is 9.47 Å². The van der Waals surface area contributed by atoms with Gasteiger partial charge in [-0.25, -0.2) is 0 Å². The van der Waals surface area contributed by atoms with E-state index in [1.165, 1.54) is 19.3 Å². The minimum atomic E-state index is 0.764. The molecule has 0 N–H and O–H groups in total. The van der Waals surface area contributed by atoms with E-state index in [1.54, 1.807) is 0 Å². The van der Waals surface area contributed by atoms with Crippen molar-refractivity contribution in [3.63, 3.8) is 0 Å². The number of hydrogen-bond acceptors (Lipinski definition) is 2. The van der Waals surface area contributed by atoms with Crippen LogP contribution in [-0.4, -0.2) is 13.2 Å². The van der Waals surface area contributed by atoms with Gasteiger partial charge in [-0.3, -0.25) is 0 Å². The Bertz CT molecular complexity index is 297. The second kappa shape index (κ2) is 8.91. The molecule has 0 saturated heterocycles. The van der Waals surface area contributed by atoms with Gasteiger partial charge in [-0.1, -0.05) is 39.2 Å². The molecule has 2 nitrogen and oxygen atoms in total. The molecule has 0 amide bonds. The Hall–Kier alpha value is -1.18. The average Bonchev–Trinajstić information content (AvgIpc) is 2.37. The first-order valence-electron chi connectivity index (χ1n) is 6.72. The highest BCUT2D eigenvalue weighted by Gasteiger charge is 1.97. The first kappa shape index (κ1) is 13.9. The normalized spacial score (nSPS) is 10.2. The molecule has 17 heavy (non-hydrogen) atoms. The molecule has 0 aromatic heterocycles. The van der Waals surface area contributed by atoms with Crippen LogP contribution in [0.3, 0.4) is 0 Å². The van der Waals surface area contributed by atoms with E-state index in [1.807, 2.05) is 24.3 Å². The van der Waals surface area contributed by atoms with Gasteiger partial charge in [0, 0.05) is 6.07 Å². The number of benzene rings is 1. The second-order valence-electron chi connectivity index (χ2n) is 4.23. The van der Waals surface area contributed by atoms with Crippen molar-refractivity contribution in [2.24, 2.45) is 0 Å². The Kier molecular flexibility index (Phi) is 7.28. The molecule has 0 saturated carbocycles. The predicted molar refractivity (Wildman–Crippen MR) is 71.9 cm³/mol. The van der Waals surface area contributed by atoms with E-state index in [0.29, 0.717) is 0 Å². The summed E-state index contributed by atoms with van der Waals surface area (Å²) in [5, 5.41) is 0. The fourth-order valence-electron chi connectivity index (χ4n) is 1.59. The van der Waals surface area contributed by atoms with E-state index in [9.17, 15) is 0 Å². The molecule has 0 aliphatic heterocycles. The highest BCUT2D eigenvalue weighted by atomic mass is 16.5. The monoisotopic (exact) mass is 236 g/mol. The van der Waals surface area contributed by atoms with Crippen molar-refractivity contribution in [3.05, 3.63) is 24.3 Å². The van der Waals surface area contributed by atoms with Gasteiger partial charge in [-0.2, -0.15) is 0 Å². The third-order valence-corrected chi connectivity index (χ3v) is 2.54. The van der Waals surface area contributed by atoms with Crippen molar-refractivity contribution in [2.45, 2.75) is 46.0 Å². The minimum Gasteiger partial charge on any atom is -0.493 e. The maximum Gasteiger partial charge on any atom is 0.122 e. The first-order chi connectivity index (χ1) is 8.36. The van der Waals surface area contributed by atoms with Gasteiger partial charge >= 0.3 is 0 Å². The summed E-state index contributed by atoms with van der Waals surface area (Å²) in [4.78, 5) is 0. The van der Waals surface area contributed by atoms with Crippen LogP contribution in [-0.2, 0) is 0 Å². The molecule has 0 atom stereocenters. The summed E-state index contributed by atoms with van der Waals surface area (Å²) in [5.41, 5.74) is 0. The largest absolute Gasteiger partial charge is 0.493 e. The van der Waals surface area contributed by atoms with Crippen molar-refractivity contribution in [1.29, 1.82) is 0 Å². The molecule has 0 unspecified atom stereocenters. The predicted octanol–water partition coefficient (Wildman–Crippen LogP) is 4.43. The zero-order valence-corrected chi connectivity index (χ0v) is 11.1. The lowest BCUT2D eigenvalue weighted by Gasteiger charge is -2.08. The second-order valence-corrected chi connectivity index (χ2v) is 4.23. The number of ether oxygens (including phenoxy) is 2. The Balaban J connectivity index is 2.27. The summed E-state index contributed by atoms with van der Waals surface area (Å²) in [6.07, 6.45) is 5.97. The van der Waals surface area contributed by atoms with Crippen LogP contribution in [0.2, 0.25) is 0 Å². The van der Waals surface area contributed by atoms with Crippen LogP contribution in [0.4, 0.5) is 0 Å². The van der Waals surface area contributed by atoms with Gasteiger partial charge in [-0.05, 0) is 25.0 Å². The Labute approximate surface area is 105 Å². The van der Waals surface area contributed by atoms with Crippen LogP contribution in [0.25, 0.3) is 0 Å². The highest BCUT2D eigenvalue weighted by Crippen LogP contribution is 2.19. The lowest BCUT2D eigenvalue weighted by Crippen LogP contribution is -1.98. The molecule has 0 radical (unpaired) electrons. The maximum atomic E-state index is 5.69. The van der Waals surface area contributed by atoms with E-state index >= 15 is 0 Å². The molecule has 1 aromatic carbocycles. The van der Waals surface area contributed by atoms with Gasteiger partial charge in [0.1, 0.15) is 11.5 Å². The van der Waals surface area contributed by atoms with Crippen LogP contribution in [0.5, 0.6) is 11.5 Å². The van der Waals surface area contributed by atoms with Crippen molar-refractivity contribution in [1.82, 2.24) is 0 Å². The number of rotatable bonds is 9. The molecule has 1 rings (SSSR count). The zero-order chi connectivity index (χ0) is 12.3. The number of hydrogen-bond donors (Lipinski definition) is 0. The third-order valence-electron chi connectivity index (χ3n) is 2.54. The van der Waals surface area contributed by atoms with Crippen LogP contribution in [0, 0.1) is 0 Å². The van der Waals surface area contributed by atoms with Crippen molar-refractivity contribution >= 4 is 0 Å². The van der Waals surface area contributed by atoms with Gasteiger partial charge in [-0.15, -0.1) is 0 Å². The smallest absolute Gasteiger partial charge is 0.122 e. The van der Waals surface area contributed by atoms with Crippen LogP contribution >= 0.6 is 0 Å². The van der Waals surface area contributed by atoms with Crippen LogP contribution < -0.4 is 9.47 Å². The molecular formula is C15H24O2. The summed E-state index contributed by atoms with van der Waals surface area (Å²) in [7, 11) is 0. The molecule has 0 fully saturated rings. The Morgan fingerprint density at radius 2 is 1.53 bits per heavy atom. The van der Waals surface area contributed by atoms with Crippen LogP contribution in [0.15, 0.2) is 24.3 Å². The van der Waals surface area contributed by atoms with Gasteiger partial charge in [0.25, 0.3) is 0 Å².